The quantitative estimate of drug-likeness (QED) is 0.618. The van der Waals surface area contributed by atoms with Crippen LogP contribution in [0.3, 0.4) is 0 Å². The molecular weight excluding hydrogens is 320 g/mol. The Morgan fingerprint density at radius 1 is 1.28 bits per heavy atom. The van der Waals surface area contributed by atoms with Crippen molar-refractivity contribution < 1.29 is 9.72 Å². The number of nitrogens with zero attached hydrogens (tertiary/aromatic N) is 2. The molecule has 132 valence electrons. The van der Waals surface area contributed by atoms with E-state index in [9.17, 15) is 14.9 Å². The highest BCUT2D eigenvalue weighted by atomic mass is 16.6. The molecule has 2 aromatic rings. The number of para-hydroxylation sites is 1. The number of nitrogens with one attached hydrogen (secondary N) is 2. The van der Waals surface area contributed by atoms with Crippen molar-refractivity contribution in [3.63, 3.8) is 0 Å². The molecule has 25 heavy (non-hydrogen) atoms. The molecule has 1 fully saturated rings. The maximum atomic E-state index is 12.2. The number of aromatic amines is 1. The van der Waals surface area contributed by atoms with Gasteiger partial charge in [-0.15, -0.1) is 0 Å². The zero-order valence-corrected chi connectivity index (χ0v) is 14.0. The Kier molecular flexibility index (Phi) is 5.42. The highest BCUT2D eigenvalue weighted by molar-refractivity contribution is 5.92. The van der Waals surface area contributed by atoms with Gasteiger partial charge in [0.25, 0.3) is 5.69 Å². The van der Waals surface area contributed by atoms with Crippen molar-refractivity contribution in [3.05, 3.63) is 51.7 Å². The van der Waals surface area contributed by atoms with Crippen molar-refractivity contribution in [3.8, 4) is 0 Å². The Bertz CT molecular complexity index is 750. The van der Waals surface area contributed by atoms with Crippen molar-refractivity contribution in [1.82, 2.24) is 10.2 Å². The molecule has 1 saturated carbocycles. The van der Waals surface area contributed by atoms with Gasteiger partial charge < -0.3 is 5.32 Å². The van der Waals surface area contributed by atoms with Crippen molar-refractivity contribution >= 4 is 17.4 Å². The summed E-state index contributed by atoms with van der Waals surface area (Å²) in [5.74, 6) is 0.837. The van der Waals surface area contributed by atoms with Crippen molar-refractivity contribution in [1.29, 1.82) is 0 Å². The molecule has 0 atom stereocenters. The standard InChI is InChI=1S/C18H22N4O3/c23-18(11-14-8-4-5-9-16(14)22(24)25)19-17-12-15(20-21-17)10-13-6-2-1-3-7-13/h4-5,8-9,12-13H,1-3,6-7,10-11H2,(H2,19,20,21,23). The Balaban J connectivity index is 1.57. The molecule has 3 rings (SSSR count). The van der Waals surface area contributed by atoms with Crippen LogP contribution < -0.4 is 5.32 Å². The largest absolute Gasteiger partial charge is 0.309 e. The topological polar surface area (TPSA) is 101 Å². The van der Waals surface area contributed by atoms with Gasteiger partial charge in [0.15, 0.2) is 5.82 Å². The van der Waals surface area contributed by atoms with Crippen LogP contribution in [0.4, 0.5) is 11.5 Å². The minimum atomic E-state index is -0.473. The zero-order valence-electron chi connectivity index (χ0n) is 14.0. The monoisotopic (exact) mass is 342 g/mol. The van der Waals surface area contributed by atoms with E-state index in [4.69, 9.17) is 0 Å². The first-order valence-electron chi connectivity index (χ1n) is 8.68. The average molecular weight is 342 g/mol. The third-order valence-electron chi connectivity index (χ3n) is 4.67. The first kappa shape index (κ1) is 17.1. The predicted molar refractivity (Wildman–Crippen MR) is 94.3 cm³/mol. The third kappa shape index (κ3) is 4.65. The lowest BCUT2D eigenvalue weighted by Crippen LogP contribution is -2.15. The molecule has 1 aliphatic rings. The van der Waals surface area contributed by atoms with E-state index in [1.807, 2.05) is 6.07 Å². The van der Waals surface area contributed by atoms with Crippen LogP contribution in [0.1, 0.15) is 43.4 Å². The number of nitro benzene ring substituents is 1. The second kappa shape index (κ2) is 7.92. The number of hydrogen-bond donors (Lipinski definition) is 2. The van der Waals surface area contributed by atoms with Gasteiger partial charge >= 0.3 is 0 Å². The van der Waals surface area contributed by atoms with Crippen LogP contribution in [0, 0.1) is 16.0 Å². The number of amides is 1. The van der Waals surface area contributed by atoms with E-state index in [-0.39, 0.29) is 18.0 Å². The van der Waals surface area contributed by atoms with Crippen molar-refractivity contribution in [2.24, 2.45) is 5.92 Å². The Labute approximate surface area is 146 Å². The Morgan fingerprint density at radius 2 is 2.04 bits per heavy atom. The van der Waals surface area contributed by atoms with Gasteiger partial charge in [-0.1, -0.05) is 50.3 Å². The summed E-state index contributed by atoms with van der Waals surface area (Å²) in [6.45, 7) is 0. The highest BCUT2D eigenvalue weighted by Gasteiger charge is 2.17. The van der Waals surface area contributed by atoms with Crippen LogP contribution in [0.5, 0.6) is 0 Å². The minimum Gasteiger partial charge on any atom is -0.309 e. The van der Waals surface area contributed by atoms with Crippen molar-refractivity contribution in [2.45, 2.75) is 44.9 Å². The van der Waals surface area contributed by atoms with Gasteiger partial charge in [0.2, 0.25) is 5.91 Å². The lowest BCUT2D eigenvalue weighted by atomic mass is 9.86. The number of rotatable bonds is 6. The van der Waals surface area contributed by atoms with E-state index < -0.39 is 4.92 Å². The first-order valence-corrected chi connectivity index (χ1v) is 8.68. The fourth-order valence-electron chi connectivity index (χ4n) is 3.43. The molecular formula is C18H22N4O3. The van der Waals surface area contributed by atoms with Crippen LogP contribution in [0.2, 0.25) is 0 Å². The summed E-state index contributed by atoms with van der Waals surface area (Å²) >= 11 is 0. The number of H-pyrrole nitrogens is 1. The summed E-state index contributed by atoms with van der Waals surface area (Å²) in [4.78, 5) is 22.7. The smallest absolute Gasteiger partial charge is 0.273 e. The maximum Gasteiger partial charge on any atom is 0.273 e. The molecule has 0 aliphatic heterocycles. The predicted octanol–water partition coefficient (Wildman–Crippen LogP) is 3.62. The molecule has 2 N–H and O–H groups in total. The molecule has 0 spiro atoms. The van der Waals surface area contributed by atoms with Crippen LogP contribution >= 0.6 is 0 Å². The molecule has 1 amide bonds. The second-order valence-electron chi connectivity index (χ2n) is 6.60. The fraction of sp³-hybridized carbons (Fsp3) is 0.444. The van der Waals surface area contributed by atoms with E-state index in [1.54, 1.807) is 18.2 Å². The number of anilines is 1. The number of benzene rings is 1. The van der Waals surface area contributed by atoms with Gasteiger partial charge in [-0.3, -0.25) is 20.0 Å². The molecule has 0 radical (unpaired) electrons. The first-order chi connectivity index (χ1) is 12.1. The number of aromatic nitrogens is 2. The van der Waals surface area contributed by atoms with Gasteiger partial charge in [0.1, 0.15) is 0 Å². The van der Waals surface area contributed by atoms with E-state index in [2.05, 4.69) is 15.5 Å². The van der Waals surface area contributed by atoms with Crippen LogP contribution in [0.25, 0.3) is 0 Å². The molecule has 0 saturated heterocycles. The summed E-state index contributed by atoms with van der Waals surface area (Å²) in [5.41, 5.74) is 1.37. The van der Waals surface area contributed by atoms with Gasteiger partial charge in [-0.2, -0.15) is 5.10 Å². The minimum absolute atomic E-state index is 0.0438. The summed E-state index contributed by atoms with van der Waals surface area (Å²) in [6, 6.07) is 8.12. The second-order valence-corrected chi connectivity index (χ2v) is 6.60. The number of carbonyl (C=O) groups excluding carboxylic acids is 1. The molecule has 7 nitrogen and oxygen atoms in total. The van der Waals surface area contributed by atoms with Crippen LogP contribution in [-0.2, 0) is 17.6 Å². The van der Waals surface area contributed by atoms with Crippen molar-refractivity contribution in [2.75, 3.05) is 5.32 Å². The number of hydrogen-bond acceptors (Lipinski definition) is 4. The average Bonchev–Trinajstić information content (AvgIpc) is 3.02. The molecule has 0 unspecified atom stereocenters. The van der Waals surface area contributed by atoms with E-state index in [1.165, 1.54) is 38.2 Å². The molecule has 1 aromatic carbocycles. The van der Waals surface area contributed by atoms with Gasteiger partial charge in [0.05, 0.1) is 11.3 Å². The maximum absolute atomic E-state index is 12.2. The fourth-order valence-corrected chi connectivity index (χ4v) is 3.43. The van der Waals surface area contributed by atoms with Gasteiger partial charge in [-0.05, 0) is 12.3 Å². The summed E-state index contributed by atoms with van der Waals surface area (Å²) < 4.78 is 0. The normalized spacial score (nSPS) is 15.0. The molecule has 1 heterocycles. The molecule has 1 aromatic heterocycles. The Hall–Kier alpha value is -2.70. The van der Waals surface area contributed by atoms with E-state index in [0.717, 1.165) is 12.1 Å². The highest BCUT2D eigenvalue weighted by Crippen LogP contribution is 2.26. The molecule has 7 heteroatoms. The lowest BCUT2D eigenvalue weighted by Gasteiger charge is -2.20. The van der Waals surface area contributed by atoms with Crippen LogP contribution in [-0.4, -0.2) is 21.0 Å². The molecule has 1 aliphatic carbocycles. The summed E-state index contributed by atoms with van der Waals surface area (Å²) in [7, 11) is 0. The van der Waals surface area contributed by atoms with E-state index in [0.29, 0.717) is 17.3 Å². The van der Waals surface area contributed by atoms with Gasteiger partial charge in [-0.25, -0.2) is 0 Å². The molecule has 0 bridgehead atoms. The summed E-state index contributed by atoms with van der Waals surface area (Å²) in [6.07, 6.45) is 7.30. The number of carbonyl (C=O) groups is 1. The zero-order chi connectivity index (χ0) is 17.6. The van der Waals surface area contributed by atoms with Gasteiger partial charge in [0, 0.05) is 23.4 Å². The Morgan fingerprint density at radius 3 is 2.80 bits per heavy atom. The number of nitro groups is 1. The third-order valence-corrected chi connectivity index (χ3v) is 4.67. The SMILES string of the molecule is O=C(Cc1ccccc1[N+](=O)[O-])Nc1cc(CC2CCCCC2)[nH]n1. The van der Waals surface area contributed by atoms with E-state index >= 15 is 0 Å². The lowest BCUT2D eigenvalue weighted by molar-refractivity contribution is -0.385. The summed E-state index contributed by atoms with van der Waals surface area (Å²) in [5, 5.41) is 20.8. The van der Waals surface area contributed by atoms with Crippen LogP contribution in [0.15, 0.2) is 30.3 Å².